The Morgan fingerprint density at radius 1 is 1.26 bits per heavy atom. The maximum Gasteiger partial charge on any atom is 0.341 e. The number of nitriles is 1. The number of furan rings is 1. The predicted molar refractivity (Wildman–Crippen MR) is 130 cm³/mol. The third-order valence-corrected chi connectivity index (χ3v) is 6.73. The number of rotatable bonds is 7. The highest BCUT2D eigenvalue weighted by molar-refractivity contribution is 7.17. The summed E-state index contributed by atoms with van der Waals surface area (Å²) in [6.45, 7) is 1.92. The Bertz CT molecular complexity index is 1380. The molecule has 35 heavy (non-hydrogen) atoms. The fourth-order valence-electron chi connectivity index (χ4n) is 3.95. The molecular weight excluding hydrogens is 470 g/mol. The number of carbonyl (C=O) groups excluding carboxylic acids is 2. The lowest BCUT2D eigenvalue weighted by Gasteiger charge is -2.12. The van der Waals surface area contributed by atoms with Crippen LogP contribution in [0.15, 0.2) is 46.4 Å². The molecule has 0 bridgehead atoms. The average Bonchev–Trinajstić information content (AvgIpc) is 3.46. The molecule has 9 nitrogen and oxygen atoms in total. The van der Waals surface area contributed by atoms with Gasteiger partial charge in [0.2, 0.25) is 0 Å². The van der Waals surface area contributed by atoms with E-state index in [2.05, 4.69) is 5.32 Å². The van der Waals surface area contributed by atoms with Crippen molar-refractivity contribution in [1.29, 1.82) is 5.26 Å². The first-order valence-corrected chi connectivity index (χ1v) is 11.8. The number of fused-ring (bicyclic) bond motifs is 1. The van der Waals surface area contributed by atoms with Crippen molar-refractivity contribution in [1.82, 2.24) is 0 Å². The van der Waals surface area contributed by atoms with Crippen molar-refractivity contribution in [3.8, 4) is 17.4 Å². The van der Waals surface area contributed by atoms with Crippen LogP contribution >= 0.6 is 11.3 Å². The molecule has 0 fully saturated rings. The highest BCUT2D eigenvalue weighted by Gasteiger charge is 2.28. The summed E-state index contributed by atoms with van der Waals surface area (Å²) in [7, 11) is 0. The minimum absolute atomic E-state index is 0.121. The topological polar surface area (TPSA) is 135 Å². The van der Waals surface area contributed by atoms with Gasteiger partial charge in [0.15, 0.2) is 0 Å². The maximum absolute atomic E-state index is 12.9. The lowest BCUT2D eigenvalue weighted by molar-refractivity contribution is -0.384. The van der Waals surface area contributed by atoms with Crippen LogP contribution < -0.4 is 5.32 Å². The SMILES string of the molecule is CCOC(=O)c1c(NC(=O)C(C#N)=Cc2ccc(-c3ccccc3[N+](=O)[O-])o2)sc2c1CCCC2. The molecule has 0 saturated carbocycles. The molecule has 1 N–H and O–H groups in total. The van der Waals surface area contributed by atoms with Gasteiger partial charge in [-0.1, -0.05) is 12.1 Å². The molecule has 0 atom stereocenters. The van der Waals surface area contributed by atoms with E-state index in [1.54, 1.807) is 25.1 Å². The predicted octanol–water partition coefficient (Wildman–Crippen LogP) is 5.52. The van der Waals surface area contributed by atoms with E-state index < -0.39 is 16.8 Å². The van der Waals surface area contributed by atoms with Crippen molar-refractivity contribution in [3.05, 3.63) is 73.8 Å². The first-order chi connectivity index (χ1) is 16.9. The summed E-state index contributed by atoms with van der Waals surface area (Å²) < 4.78 is 10.9. The van der Waals surface area contributed by atoms with Crippen LogP contribution in [0.3, 0.4) is 0 Å². The van der Waals surface area contributed by atoms with E-state index in [1.165, 1.54) is 35.6 Å². The summed E-state index contributed by atoms with van der Waals surface area (Å²) in [5.41, 5.74) is 1.17. The number of nitro benzene ring substituents is 1. The summed E-state index contributed by atoms with van der Waals surface area (Å²) in [5.74, 6) is -0.775. The normalized spacial score (nSPS) is 13.0. The fourth-order valence-corrected chi connectivity index (χ4v) is 5.22. The molecule has 4 rings (SSSR count). The summed E-state index contributed by atoms with van der Waals surface area (Å²) in [6.07, 6.45) is 4.77. The Hall–Kier alpha value is -4.23. The van der Waals surface area contributed by atoms with Crippen molar-refractivity contribution in [2.45, 2.75) is 32.6 Å². The van der Waals surface area contributed by atoms with Crippen LogP contribution in [0.25, 0.3) is 17.4 Å². The Morgan fingerprint density at radius 2 is 2.03 bits per heavy atom. The molecule has 0 radical (unpaired) electrons. The van der Waals surface area contributed by atoms with E-state index in [0.29, 0.717) is 10.6 Å². The van der Waals surface area contributed by atoms with Crippen molar-refractivity contribution in [2.75, 3.05) is 11.9 Å². The Balaban J connectivity index is 1.61. The largest absolute Gasteiger partial charge is 0.462 e. The number of thiophene rings is 1. The van der Waals surface area contributed by atoms with Gasteiger partial charge in [-0.2, -0.15) is 5.26 Å². The van der Waals surface area contributed by atoms with Crippen LogP contribution in [0.5, 0.6) is 0 Å². The van der Waals surface area contributed by atoms with Crippen LogP contribution in [0.4, 0.5) is 10.7 Å². The summed E-state index contributed by atoms with van der Waals surface area (Å²) in [5, 5.41) is 24.0. The minimum atomic E-state index is -0.694. The van der Waals surface area contributed by atoms with Crippen LogP contribution in [-0.4, -0.2) is 23.4 Å². The van der Waals surface area contributed by atoms with E-state index >= 15 is 0 Å². The number of nitro groups is 1. The quantitative estimate of drug-likeness (QED) is 0.151. The maximum atomic E-state index is 12.9. The third-order valence-electron chi connectivity index (χ3n) is 5.52. The van der Waals surface area contributed by atoms with E-state index in [-0.39, 0.29) is 35.0 Å². The molecule has 178 valence electrons. The summed E-state index contributed by atoms with van der Waals surface area (Å²) >= 11 is 1.33. The summed E-state index contributed by atoms with van der Waals surface area (Å²) in [4.78, 5) is 37.4. The van der Waals surface area contributed by atoms with Gasteiger partial charge in [-0.05, 0) is 56.4 Å². The number of esters is 1. The second kappa shape index (κ2) is 10.4. The Morgan fingerprint density at radius 3 is 2.77 bits per heavy atom. The molecule has 1 aromatic carbocycles. The number of amides is 1. The number of hydrogen-bond acceptors (Lipinski definition) is 8. The number of nitrogens with zero attached hydrogens (tertiary/aromatic N) is 2. The van der Waals surface area contributed by atoms with Gasteiger partial charge >= 0.3 is 5.97 Å². The molecular formula is C25H21N3O6S. The van der Waals surface area contributed by atoms with Gasteiger partial charge in [0.25, 0.3) is 11.6 Å². The molecule has 10 heteroatoms. The molecule has 3 aromatic rings. The lowest BCUT2D eigenvalue weighted by Crippen LogP contribution is -2.16. The molecule has 0 saturated heterocycles. The zero-order valence-electron chi connectivity index (χ0n) is 18.8. The molecule has 1 aliphatic carbocycles. The van der Waals surface area contributed by atoms with Gasteiger partial charge in [-0.3, -0.25) is 14.9 Å². The number of benzene rings is 1. The number of hydrogen-bond donors (Lipinski definition) is 1. The van der Waals surface area contributed by atoms with Crippen molar-refractivity contribution in [3.63, 3.8) is 0 Å². The Kier molecular flexibility index (Phi) is 7.08. The second-order valence-electron chi connectivity index (χ2n) is 7.74. The smallest absolute Gasteiger partial charge is 0.341 e. The minimum Gasteiger partial charge on any atom is -0.462 e. The Labute approximate surface area is 204 Å². The molecule has 0 unspecified atom stereocenters. The second-order valence-corrected chi connectivity index (χ2v) is 8.84. The molecule has 0 aliphatic heterocycles. The average molecular weight is 492 g/mol. The number of para-hydroxylation sites is 1. The number of ether oxygens (including phenoxy) is 1. The van der Waals surface area contributed by atoms with E-state index in [9.17, 15) is 25.0 Å². The number of anilines is 1. The highest BCUT2D eigenvalue weighted by Crippen LogP contribution is 2.39. The highest BCUT2D eigenvalue weighted by atomic mass is 32.1. The number of aryl methyl sites for hydroxylation is 1. The van der Waals surface area contributed by atoms with E-state index in [1.807, 2.05) is 6.07 Å². The van der Waals surface area contributed by atoms with Crippen molar-refractivity contribution in [2.24, 2.45) is 0 Å². The lowest BCUT2D eigenvalue weighted by atomic mass is 9.95. The standard InChI is InChI=1S/C25H21N3O6S/c1-2-33-25(30)22-18-8-4-6-10-21(18)35-24(22)27-23(29)15(14-26)13-16-11-12-20(34-16)17-7-3-5-9-19(17)28(31)32/h3,5,7,9,11-13H,2,4,6,8,10H2,1H3,(H,27,29). The van der Waals surface area contributed by atoms with Crippen molar-refractivity contribution < 1.29 is 23.7 Å². The molecule has 1 amide bonds. The van der Waals surface area contributed by atoms with Gasteiger partial charge in [0.05, 0.1) is 22.7 Å². The molecule has 0 spiro atoms. The molecule has 2 heterocycles. The third kappa shape index (κ3) is 5.00. The molecule has 1 aliphatic rings. The van der Waals surface area contributed by atoms with Crippen LogP contribution in [-0.2, 0) is 22.4 Å². The van der Waals surface area contributed by atoms with E-state index in [0.717, 1.165) is 36.1 Å². The van der Waals surface area contributed by atoms with Gasteiger partial charge in [0.1, 0.15) is 28.2 Å². The fraction of sp³-hybridized carbons (Fsp3) is 0.240. The molecule has 2 aromatic heterocycles. The van der Waals surface area contributed by atoms with Gasteiger partial charge < -0.3 is 14.5 Å². The van der Waals surface area contributed by atoms with Crippen LogP contribution in [0.1, 0.15) is 46.3 Å². The zero-order valence-corrected chi connectivity index (χ0v) is 19.6. The first-order valence-electron chi connectivity index (χ1n) is 11.0. The van der Waals surface area contributed by atoms with Gasteiger partial charge in [0, 0.05) is 17.0 Å². The van der Waals surface area contributed by atoms with Gasteiger partial charge in [-0.15, -0.1) is 11.3 Å². The monoisotopic (exact) mass is 491 g/mol. The zero-order chi connectivity index (χ0) is 24.9. The first kappa shape index (κ1) is 23.9. The number of nitrogens with one attached hydrogen (secondary N) is 1. The van der Waals surface area contributed by atoms with Crippen molar-refractivity contribution >= 4 is 40.0 Å². The summed E-state index contributed by atoms with van der Waals surface area (Å²) in [6, 6.07) is 11.0. The van der Waals surface area contributed by atoms with E-state index in [4.69, 9.17) is 9.15 Å². The van der Waals surface area contributed by atoms with Crippen LogP contribution in [0.2, 0.25) is 0 Å². The number of carbonyl (C=O) groups is 2. The van der Waals surface area contributed by atoms with Crippen LogP contribution in [0, 0.1) is 21.4 Å². The van der Waals surface area contributed by atoms with Gasteiger partial charge in [-0.25, -0.2) is 4.79 Å².